The molecule has 1 fully saturated rings. The maximum absolute atomic E-state index is 10.1. The maximum atomic E-state index is 10.1. The minimum Gasteiger partial charge on any atom is -0.472 e. The van der Waals surface area contributed by atoms with E-state index in [1.807, 2.05) is 6.92 Å². The summed E-state index contributed by atoms with van der Waals surface area (Å²) in [5.74, 6) is 3.77. The number of nitrogens with one attached hydrogen (secondary N) is 1. The van der Waals surface area contributed by atoms with Gasteiger partial charge in [-0.2, -0.15) is 0 Å². The first-order valence-electron chi connectivity index (χ1n) is 3.63. The van der Waals surface area contributed by atoms with E-state index in [9.17, 15) is 4.79 Å². The van der Waals surface area contributed by atoms with Crippen LogP contribution in [-0.2, 0) is 4.79 Å². The highest BCUT2D eigenvalue weighted by Gasteiger charge is 2.25. The van der Waals surface area contributed by atoms with Crippen LogP contribution in [0.15, 0.2) is 0 Å². The maximum Gasteiger partial charge on any atom is 0.381 e. The molecule has 0 bridgehead atoms. The van der Waals surface area contributed by atoms with Crippen LogP contribution in [0.4, 0.5) is 0 Å². The van der Waals surface area contributed by atoms with E-state index in [-0.39, 0.29) is 5.54 Å². The van der Waals surface area contributed by atoms with Gasteiger partial charge in [0.05, 0.1) is 5.54 Å². The number of carbonyl (C=O) groups is 1. The van der Waals surface area contributed by atoms with E-state index in [4.69, 9.17) is 5.11 Å². The normalized spacial score (nSPS) is 29.2. The van der Waals surface area contributed by atoms with E-state index >= 15 is 0 Å². The fourth-order valence-electron chi connectivity index (χ4n) is 1.19. The monoisotopic (exact) mass is 153 g/mol. The molecule has 2 N–H and O–H groups in total. The van der Waals surface area contributed by atoms with Crippen molar-refractivity contribution < 1.29 is 9.90 Å². The van der Waals surface area contributed by atoms with E-state index in [0.29, 0.717) is 0 Å². The van der Waals surface area contributed by atoms with Crippen molar-refractivity contribution in [3.63, 3.8) is 0 Å². The van der Waals surface area contributed by atoms with Gasteiger partial charge in [0.25, 0.3) is 0 Å². The van der Waals surface area contributed by atoms with Gasteiger partial charge >= 0.3 is 5.97 Å². The molecule has 0 spiro atoms. The van der Waals surface area contributed by atoms with Crippen molar-refractivity contribution in [1.29, 1.82) is 0 Å². The summed E-state index contributed by atoms with van der Waals surface area (Å²) in [6.07, 6.45) is 2.01. The molecule has 0 aliphatic carbocycles. The minimum atomic E-state index is -1.06. The largest absolute Gasteiger partial charge is 0.472 e. The molecule has 0 radical (unpaired) electrons. The summed E-state index contributed by atoms with van der Waals surface area (Å²) >= 11 is 0. The molecule has 3 nitrogen and oxygen atoms in total. The molecule has 0 amide bonds. The van der Waals surface area contributed by atoms with Crippen molar-refractivity contribution in [3.05, 3.63) is 0 Å². The van der Waals surface area contributed by atoms with Crippen LogP contribution >= 0.6 is 0 Å². The molecule has 1 aliphatic heterocycles. The second-order valence-electron chi connectivity index (χ2n) is 2.92. The van der Waals surface area contributed by atoms with E-state index in [1.165, 1.54) is 0 Å². The smallest absolute Gasteiger partial charge is 0.381 e. The van der Waals surface area contributed by atoms with Crippen LogP contribution in [0.5, 0.6) is 0 Å². The first kappa shape index (κ1) is 8.09. The lowest BCUT2D eigenvalue weighted by molar-refractivity contribution is -0.130. The summed E-state index contributed by atoms with van der Waals surface area (Å²) in [5.41, 5.74) is -0.265. The van der Waals surface area contributed by atoms with Gasteiger partial charge in [-0.05, 0) is 26.3 Å². The summed E-state index contributed by atoms with van der Waals surface area (Å²) in [7, 11) is 0. The molecule has 0 aromatic carbocycles. The Labute approximate surface area is 65.8 Å². The Kier molecular flexibility index (Phi) is 2.16. The third kappa shape index (κ3) is 2.24. The summed E-state index contributed by atoms with van der Waals surface area (Å²) in [6, 6.07) is 0. The van der Waals surface area contributed by atoms with Crippen molar-refractivity contribution in [2.45, 2.75) is 25.3 Å². The Morgan fingerprint density at radius 2 is 2.45 bits per heavy atom. The van der Waals surface area contributed by atoms with Gasteiger partial charge in [0.2, 0.25) is 0 Å². The molecule has 1 saturated heterocycles. The molecule has 1 heterocycles. The van der Waals surface area contributed by atoms with Gasteiger partial charge in [0.1, 0.15) is 0 Å². The van der Waals surface area contributed by atoms with Gasteiger partial charge in [0.15, 0.2) is 0 Å². The summed E-state index contributed by atoms with van der Waals surface area (Å²) < 4.78 is 0. The average Bonchev–Trinajstić information content (AvgIpc) is 2.33. The second kappa shape index (κ2) is 2.93. The molecule has 1 aliphatic rings. The Morgan fingerprint density at radius 1 is 1.73 bits per heavy atom. The van der Waals surface area contributed by atoms with Crippen molar-refractivity contribution in [2.75, 3.05) is 6.54 Å². The number of carboxylic acids is 1. The van der Waals surface area contributed by atoms with Crippen molar-refractivity contribution >= 4 is 5.97 Å². The number of carboxylic acid groups (broad SMARTS) is 1. The van der Waals surface area contributed by atoms with Gasteiger partial charge in [-0.1, -0.05) is 5.92 Å². The summed E-state index contributed by atoms with van der Waals surface area (Å²) in [5, 5.41) is 11.4. The number of hydrogen-bond acceptors (Lipinski definition) is 2. The fourth-order valence-corrected chi connectivity index (χ4v) is 1.19. The molecule has 0 aromatic heterocycles. The zero-order valence-corrected chi connectivity index (χ0v) is 6.48. The van der Waals surface area contributed by atoms with Crippen molar-refractivity contribution in [1.82, 2.24) is 5.32 Å². The van der Waals surface area contributed by atoms with Crippen LogP contribution in [0.3, 0.4) is 0 Å². The highest BCUT2D eigenvalue weighted by molar-refractivity contribution is 5.86. The van der Waals surface area contributed by atoms with Crippen LogP contribution < -0.4 is 5.32 Å². The lowest BCUT2D eigenvalue weighted by Gasteiger charge is -2.14. The molecule has 0 unspecified atom stereocenters. The van der Waals surface area contributed by atoms with E-state index in [1.54, 1.807) is 0 Å². The van der Waals surface area contributed by atoms with E-state index < -0.39 is 5.97 Å². The number of aliphatic carboxylic acids is 1. The molecule has 0 aromatic rings. The van der Waals surface area contributed by atoms with Crippen LogP contribution in [0.25, 0.3) is 0 Å². The number of rotatable bonds is 0. The SMILES string of the molecule is C[C@]1(C#CC(=O)O)CCCN1. The zero-order chi connectivity index (χ0) is 8.32. The second-order valence-corrected chi connectivity index (χ2v) is 2.92. The van der Waals surface area contributed by atoms with Crippen molar-refractivity contribution in [3.8, 4) is 11.8 Å². The van der Waals surface area contributed by atoms with Gasteiger partial charge in [-0.15, -0.1) is 0 Å². The lowest BCUT2D eigenvalue weighted by Crippen LogP contribution is -2.34. The predicted octanol–water partition coefficient (Wildman–Crippen LogP) is 0.216. The van der Waals surface area contributed by atoms with Gasteiger partial charge in [0, 0.05) is 5.92 Å². The zero-order valence-electron chi connectivity index (χ0n) is 6.48. The molecule has 0 saturated carbocycles. The van der Waals surface area contributed by atoms with Crippen LogP contribution in [0.1, 0.15) is 19.8 Å². The van der Waals surface area contributed by atoms with Crippen molar-refractivity contribution in [2.24, 2.45) is 0 Å². The van der Waals surface area contributed by atoms with Gasteiger partial charge in [-0.25, -0.2) is 4.79 Å². The van der Waals surface area contributed by atoms with Gasteiger partial charge < -0.3 is 10.4 Å². The molecule has 11 heavy (non-hydrogen) atoms. The summed E-state index contributed by atoms with van der Waals surface area (Å²) in [6.45, 7) is 2.86. The molecule has 60 valence electrons. The van der Waals surface area contributed by atoms with E-state index in [0.717, 1.165) is 19.4 Å². The first-order valence-corrected chi connectivity index (χ1v) is 3.63. The molecular weight excluding hydrogens is 142 g/mol. The average molecular weight is 153 g/mol. The Hall–Kier alpha value is -1.01. The molecule has 1 rings (SSSR count). The third-order valence-corrected chi connectivity index (χ3v) is 1.81. The van der Waals surface area contributed by atoms with Crippen LogP contribution in [-0.4, -0.2) is 23.2 Å². The van der Waals surface area contributed by atoms with Crippen LogP contribution in [0.2, 0.25) is 0 Å². The Balaban J connectivity index is 2.61. The first-order chi connectivity index (χ1) is 5.12. The standard InChI is InChI=1S/C8H11NO2/c1-8(4-2-6-9-8)5-3-7(10)11/h9H,2,4,6H2,1H3,(H,10,11)/t8-/m1/s1. The predicted molar refractivity (Wildman–Crippen MR) is 41.1 cm³/mol. The highest BCUT2D eigenvalue weighted by atomic mass is 16.4. The lowest BCUT2D eigenvalue weighted by atomic mass is 10.0. The topological polar surface area (TPSA) is 49.3 Å². The fraction of sp³-hybridized carbons (Fsp3) is 0.625. The van der Waals surface area contributed by atoms with E-state index in [2.05, 4.69) is 17.2 Å². The molecule has 3 heteroatoms. The minimum absolute atomic E-state index is 0.265. The third-order valence-electron chi connectivity index (χ3n) is 1.81. The Morgan fingerprint density at radius 3 is 2.91 bits per heavy atom. The quantitative estimate of drug-likeness (QED) is 0.489. The molecular formula is C8H11NO2. The highest BCUT2D eigenvalue weighted by Crippen LogP contribution is 2.16. The summed E-state index contributed by atoms with van der Waals surface area (Å²) in [4.78, 5) is 10.1. The van der Waals surface area contributed by atoms with Crippen LogP contribution in [0, 0.1) is 11.8 Å². The molecule has 1 atom stereocenters. The Bertz CT molecular complexity index is 218. The number of hydrogen-bond donors (Lipinski definition) is 2. The van der Waals surface area contributed by atoms with Gasteiger partial charge in [-0.3, -0.25) is 0 Å².